The number of carbonyl (C=O) groups excluding carboxylic acids is 2. The smallest absolute Gasteiger partial charge is 0.501 e. The number of carbonyl (C=O) groups is 2. The van der Waals surface area contributed by atoms with Crippen molar-refractivity contribution in [1.82, 2.24) is 0 Å². The predicted octanol–water partition coefficient (Wildman–Crippen LogP) is 3.04. The minimum absolute atomic E-state index is 0. The molecule has 0 aromatic heterocycles. The molecule has 4 aromatic carbocycles. The summed E-state index contributed by atoms with van der Waals surface area (Å²) in [6.07, 6.45) is 6.21. The molecule has 0 atom stereocenters. The Morgan fingerprint density at radius 2 is 0.980 bits per heavy atom. The first-order chi connectivity index (χ1) is 22.9. The molecule has 249 valence electrons. The zero-order chi connectivity index (χ0) is 34.5. The van der Waals surface area contributed by atoms with Crippen molar-refractivity contribution in [3.05, 3.63) is 139 Å². The second-order valence-corrected chi connectivity index (χ2v) is 10.6. The van der Waals surface area contributed by atoms with Crippen LogP contribution in [-0.2, 0) is 26.4 Å². The van der Waals surface area contributed by atoms with Crippen LogP contribution in [0.15, 0.2) is 95.2 Å². The second-order valence-electron chi connectivity index (χ2n) is 10.6. The number of hydrogen-bond acceptors (Lipinski definition) is 12. The van der Waals surface area contributed by atoms with Gasteiger partial charge in [-0.1, -0.05) is 60.7 Å². The van der Waals surface area contributed by atoms with Crippen LogP contribution in [0.4, 0.5) is 22.7 Å². The number of benzene rings is 4. The maximum atomic E-state index is 12.1. The zero-order valence-corrected chi connectivity index (χ0v) is 29.7. The van der Waals surface area contributed by atoms with Crippen molar-refractivity contribution in [2.24, 2.45) is 10.2 Å². The third kappa shape index (κ3) is 8.57. The number of phenols is 2. The van der Waals surface area contributed by atoms with Crippen LogP contribution in [0.2, 0.25) is 0 Å². The molecule has 2 aliphatic carbocycles. The second kappa shape index (κ2) is 16.8. The summed E-state index contributed by atoms with van der Waals surface area (Å²) in [5.74, 6) is -1.63. The van der Waals surface area contributed by atoms with Gasteiger partial charge in [0.15, 0.2) is 0 Å². The van der Waals surface area contributed by atoms with Gasteiger partial charge in [-0.2, -0.15) is 10.2 Å². The Morgan fingerprint density at radius 3 is 1.34 bits per heavy atom. The van der Waals surface area contributed by atoms with E-state index < -0.39 is 32.7 Å². The van der Waals surface area contributed by atoms with Gasteiger partial charge in [-0.15, -0.1) is 0 Å². The van der Waals surface area contributed by atoms with Gasteiger partial charge in [0.2, 0.25) is 23.1 Å². The number of nitrogens with zero attached hydrogens (tertiary/aromatic N) is 4. The molecule has 14 nitrogen and oxygen atoms in total. The quantitative estimate of drug-likeness (QED) is 0.0987. The number of allylic oxidation sites excluding steroid dienone is 2. The van der Waals surface area contributed by atoms with E-state index in [0.29, 0.717) is 22.3 Å². The summed E-state index contributed by atoms with van der Waals surface area (Å²) in [5, 5.41) is 50.1. The SMILES string of the molecule is Cc1cc(N/N=C2\C(=O)C=Cc3ccccc32)c(O)c([N+](=O)[O-])c1.Cc1cc(N/N=C2\C(=O)C=Cc3ccccc32)c(O)c([N+](=O)[O-])c1.[Co].[Na+]. The maximum absolute atomic E-state index is 12.1. The van der Waals surface area contributed by atoms with E-state index in [1.54, 1.807) is 50.3 Å². The van der Waals surface area contributed by atoms with Crippen LogP contribution in [0.25, 0.3) is 12.2 Å². The van der Waals surface area contributed by atoms with E-state index in [2.05, 4.69) is 21.1 Å². The van der Waals surface area contributed by atoms with Gasteiger partial charge in [0.05, 0.1) is 9.85 Å². The fraction of sp³-hybridized carbons (Fsp3) is 0.0588. The minimum Gasteiger partial charge on any atom is -0.501 e. The molecule has 0 saturated heterocycles. The number of hydrazone groups is 2. The summed E-state index contributed by atoms with van der Waals surface area (Å²) in [5.41, 5.74) is 8.93. The number of aryl methyl sites for hydroxylation is 2. The van der Waals surface area contributed by atoms with Crippen LogP contribution in [0, 0.1) is 34.1 Å². The van der Waals surface area contributed by atoms with Crippen LogP contribution >= 0.6 is 0 Å². The molecule has 2 aliphatic rings. The number of nitro groups is 2. The van der Waals surface area contributed by atoms with Crippen LogP contribution in [0.1, 0.15) is 33.4 Å². The van der Waals surface area contributed by atoms with E-state index in [9.17, 15) is 40.0 Å². The van der Waals surface area contributed by atoms with Crippen molar-refractivity contribution >= 4 is 57.9 Å². The molecule has 0 aliphatic heterocycles. The summed E-state index contributed by atoms with van der Waals surface area (Å²) in [6, 6.07) is 20.0. The van der Waals surface area contributed by atoms with Crippen molar-refractivity contribution in [1.29, 1.82) is 0 Å². The summed E-state index contributed by atoms with van der Waals surface area (Å²) in [6.45, 7) is 3.32. The van der Waals surface area contributed by atoms with Crippen molar-refractivity contribution in [2.75, 3.05) is 10.9 Å². The number of phenolic OH excluding ortho intramolecular Hbond substituents is 2. The first-order valence-electron chi connectivity index (χ1n) is 14.2. The van der Waals surface area contributed by atoms with Crippen LogP contribution < -0.4 is 40.4 Å². The standard InChI is InChI=1S/2C17H13N3O4.Co.Na/c2*1-10-8-13(17(22)14(9-10)20(23)24)18-19-16-12-5-3-2-4-11(12)6-7-15(16)21;;/h2*2-9,18,22H,1H3;;/q;;;+1/b2*19-16-;;. The molecule has 50 heavy (non-hydrogen) atoms. The van der Waals surface area contributed by atoms with E-state index in [-0.39, 0.29) is 80.7 Å². The van der Waals surface area contributed by atoms with Crippen LogP contribution in [-0.4, -0.2) is 43.0 Å². The van der Waals surface area contributed by atoms with Gasteiger partial charge in [-0.3, -0.25) is 40.7 Å². The molecule has 1 radical (unpaired) electrons. The number of nitrogens with one attached hydrogen (secondary N) is 2. The molecule has 0 unspecified atom stereocenters. The summed E-state index contributed by atoms with van der Waals surface area (Å²) < 4.78 is 0. The Balaban J connectivity index is 0.000000260. The number of hydrogen-bond donors (Lipinski definition) is 4. The van der Waals surface area contributed by atoms with E-state index in [1.807, 2.05) is 24.3 Å². The average Bonchev–Trinajstić information content (AvgIpc) is 3.06. The minimum atomic E-state index is -0.676. The Morgan fingerprint density at radius 1 is 0.620 bits per heavy atom. The van der Waals surface area contributed by atoms with Gasteiger partial charge in [-0.25, -0.2) is 0 Å². The predicted molar refractivity (Wildman–Crippen MR) is 180 cm³/mol. The number of fused-ring (bicyclic) bond motifs is 2. The topological polar surface area (TPSA) is 210 Å². The molecular weight excluding hydrogens is 702 g/mol. The Kier molecular flexibility index (Phi) is 13.1. The monoisotopic (exact) mass is 728 g/mol. The summed E-state index contributed by atoms with van der Waals surface area (Å²) >= 11 is 0. The van der Waals surface area contributed by atoms with E-state index in [4.69, 9.17) is 0 Å². The maximum Gasteiger partial charge on any atom is 1.00 e. The van der Waals surface area contributed by atoms with Gasteiger partial charge in [0, 0.05) is 40.0 Å². The summed E-state index contributed by atoms with van der Waals surface area (Å²) in [4.78, 5) is 44.7. The van der Waals surface area contributed by atoms with Crippen LogP contribution in [0.3, 0.4) is 0 Å². The zero-order valence-electron chi connectivity index (χ0n) is 26.7. The Hall–Kier alpha value is -5.45. The number of rotatable bonds is 6. The third-order valence-corrected chi connectivity index (χ3v) is 7.17. The number of anilines is 2. The largest absolute Gasteiger partial charge is 1.00 e. The van der Waals surface area contributed by atoms with Crippen LogP contribution in [0.5, 0.6) is 11.5 Å². The van der Waals surface area contributed by atoms with E-state index >= 15 is 0 Å². The fourth-order valence-corrected chi connectivity index (χ4v) is 4.90. The van der Waals surface area contributed by atoms with E-state index in [1.165, 1.54) is 36.4 Å². The number of ketones is 2. The molecule has 0 amide bonds. The molecule has 0 bridgehead atoms. The number of nitro benzene ring substituents is 2. The van der Waals surface area contributed by atoms with Crippen molar-refractivity contribution in [2.45, 2.75) is 13.8 Å². The van der Waals surface area contributed by atoms with Gasteiger partial charge < -0.3 is 10.2 Å². The first kappa shape index (κ1) is 39.0. The van der Waals surface area contributed by atoms with Gasteiger partial charge in [0.1, 0.15) is 22.8 Å². The third-order valence-electron chi connectivity index (χ3n) is 7.17. The normalized spacial score (nSPS) is 14.0. The molecule has 6 rings (SSSR count). The number of aromatic hydroxyl groups is 2. The van der Waals surface area contributed by atoms with E-state index in [0.717, 1.165) is 11.1 Å². The van der Waals surface area contributed by atoms with Crippen molar-refractivity contribution < 1.29 is 76.0 Å². The van der Waals surface area contributed by atoms with Gasteiger partial charge in [0.25, 0.3) is 0 Å². The molecule has 4 N–H and O–H groups in total. The molecular formula is C34H26CoN6NaO8+. The molecule has 0 spiro atoms. The van der Waals surface area contributed by atoms with Crippen molar-refractivity contribution in [3.63, 3.8) is 0 Å². The van der Waals surface area contributed by atoms with Gasteiger partial charge in [-0.05, 0) is 60.4 Å². The molecule has 16 heteroatoms. The molecule has 4 aromatic rings. The Labute approximate surface area is 317 Å². The fourth-order valence-electron chi connectivity index (χ4n) is 4.90. The Bertz CT molecular complexity index is 2000. The van der Waals surface area contributed by atoms with Crippen molar-refractivity contribution in [3.8, 4) is 11.5 Å². The van der Waals surface area contributed by atoms with Gasteiger partial charge >= 0.3 is 40.9 Å². The summed E-state index contributed by atoms with van der Waals surface area (Å²) in [7, 11) is 0. The first-order valence-corrected chi connectivity index (χ1v) is 14.2. The average molecular weight is 729 g/mol. The molecule has 0 fully saturated rings. The molecule has 0 heterocycles. The molecule has 0 saturated carbocycles.